The smallest absolute Gasteiger partial charge is 0.255 e. The number of benzene rings is 2. The zero-order chi connectivity index (χ0) is 17.1. The molecule has 6 heteroatoms. The first-order chi connectivity index (χ1) is 12.3. The second kappa shape index (κ2) is 6.70. The summed E-state index contributed by atoms with van der Waals surface area (Å²) >= 11 is 1.59. The topological polar surface area (TPSA) is 59.8 Å². The second-order valence-corrected chi connectivity index (χ2v) is 6.28. The van der Waals surface area contributed by atoms with Crippen molar-refractivity contribution in [3.05, 3.63) is 84.4 Å². The summed E-state index contributed by atoms with van der Waals surface area (Å²) in [4.78, 5) is 20.7. The highest BCUT2D eigenvalue weighted by atomic mass is 32.1. The van der Waals surface area contributed by atoms with Crippen molar-refractivity contribution in [3.63, 3.8) is 0 Å². The van der Waals surface area contributed by atoms with Crippen molar-refractivity contribution >= 4 is 22.9 Å². The predicted molar refractivity (Wildman–Crippen MR) is 99.1 cm³/mol. The number of thiazole rings is 1. The first-order valence-electron chi connectivity index (χ1n) is 7.69. The molecule has 2 aromatic carbocycles. The minimum Gasteiger partial charge on any atom is -0.322 e. The third-order valence-electron chi connectivity index (χ3n) is 3.75. The molecule has 0 fully saturated rings. The molecule has 0 saturated carbocycles. The molecule has 0 aliphatic rings. The molecule has 0 bridgehead atoms. The van der Waals surface area contributed by atoms with E-state index >= 15 is 0 Å². The Bertz CT molecular complexity index is 959. The Morgan fingerprint density at radius 2 is 1.80 bits per heavy atom. The quantitative estimate of drug-likeness (QED) is 0.601. The van der Waals surface area contributed by atoms with Gasteiger partial charge >= 0.3 is 0 Å². The molecule has 4 rings (SSSR count). The Balaban J connectivity index is 1.46. The molecule has 2 heterocycles. The largest absolute Gasteiger partial charge is 0.322 e. The molecule has 4 aromatic rings. The van der Waals surface area contributed by atoms with Crippen LogP contribution in [-0.2, 0) is 0 Å². The van der Waals surface area contributed by atoms with Gasteiger partial charge in [-0.2, -0.15) is 0 Å². The van der Waals surface area contributed by atoms with Gasteiger partial charge in [-0.05, 0) is 48.5 Å². The number of rotatable bonds is 4. The van der Waals surface area contributed by atoms with E-state index in [0.717, 1.165) is 21.9 Å². The van der Waals surface area contributed by atoms with Crippen molar-refractivity contribution in [1.82, 2.24) is 14.5 Å². The lowest BCUT2D eigenvalue weighted by Gasteiger charge is -2.07. The number of nitrogens with one attached hydrogen (secondary N) is 1. The van der Waals surface area contributed by atoms with Crippen molar-refractivity contribution in [2.45, 2.75) is 0 Å². The van der Waals surface area contributed by atoms with Crippen LogP contribution in [0, 0.1) is 0 Å². The van der Waals surface area contributed by atoms with Gasteiger partial charge in [-0.15, -0.1) is 11.3 Å². The molecule has 0 unspecified atom stereocenters. The molecular weight excluding hydrogens is 332 g/mol. The summed E-state index contributed by atoms with van der Waals surface area (Å²) < 4.78 is 1.89. The first kappa shape index (κ1) is 15.3. The van der Waals surface area contributed by atoms with Crippen molar-refractivity contribution in [1.29, 1.82) is 0 Å². The van der Waals surface area contributed by atoms with Crippen LogP contribution in [0.3, 0.4) is 0 Å². The van der Waals surface area contributed by atoms with Crippen LogP contribution in [0.4, 0.5) is 5.69 Å². The van der Waals surface area contributed by atoms with Gasteiger partial charge in [-0.1, -0.05) is 0 Å². The van der Waals surface area contributed by atoms with Crippen molar-refractivity contribution < 1.29 is 4.79 Å². The molecule has 2 aromatic heterocycles. The van der Waals surface area contributed by atoms with E-state index in [1.807, 2.05) is 52.5 Å². The minimum absolute atomic E-state index is 0.140. The fraction of sp³-hybridized carbons (Fsp3) is 0. The summed E-state index contributed by atoms with van der Waals surface area (Å²) in [6, 6.07) is 15.1. The number of aromatic nitrogens is 3. The molecule has 0 aliphatic carbocycles. The van der Waals surface area contributed by atoms with Gasteiger partial charge in [0.15, 0.2) is 0 Å². The molecule has 0 aliphatic heterocycles. The Morgan fingerprint density at radius 1 is 1.00 bits per heavy atom. The van der Waals surface area contributed by atoms with E-state index in [9.17, 15) is 4.79 Å². The number of imidazole rings is 1. The van der Waals surface area contributed by atoms with Crippen LogP contribution in [0.5, 0.6) is 0 Å². The standard InChI is InChI=1S/C19H14N4OS/c24-18(14-3-7-17(8-4-14)23-11-9-20-13-23)22-16-5-1-15(2-6-16)19-21-10-12-25-19/h1-13H,(H,22,24). The van der Waals surface area contributed by atoms with Crippen LogP contribution in [-0.4, -0.2) is 20.4 Å². The molecule has 0 radical (unpaired) electrons. The maximum Gasteiger partial charge on any atom is 0.255 e. The third kappa shape index (κ3) is 3.34. The van der Waals surface area contributed by atoms with E-state index in [2.05, 4.69) is 15.3 Å². The number of amides is 1. The lowest BCUT2D eigenvalue weighted by molar-refractivity contribution is 0.102. The third-order valence-corrected chi connectivity index (χ3v) is 4.58. The summed E-state index contributed by atoms with van der Waals surface area (Å²) in [6.45, 7) is 0. The summed E-state index contributed by atoms with van der Waals surface area (Å²) in [5, 5.41) is 5.82. The van der Waals surface area contributed by atoms with Gasteiger partial charge in [0.2, 0.25) is 0 Å². The summed E-state index contributed by atoms with van der Waals surface area (Å²) in [5.74, 6) is -0.140. The Kier molecular flexibility index (Phi) is 4.10. The highest BCUT2D eigenvalue weighted by Crippen LogP contribution is 2.23. The maximum absolute atomic E-state index is 12.4. The van der Waals surface area contributed by atoms with E-state index < -0.39 is 0 Å². The first-order valence-corrected chi connectivity index (χ1v) is 8.57. The molecular formula is C19H14N4OS. The minimum atomic E-state index is -0.140. The molecule has 1 N–H and O–H groups in total. The maximum atomic E-state index is 12.4. The molecule has 0 atom stereocenters. The number of carbonyl (C=O) groups is 1. The average molecular weight is 346 g/mol. The Labute approximate surface area is 148 Å². The van der Waals surface area contributed by atoms with E-state index in [1.165, 1.54) is 0 Å². The van der Waals surface area contributed by atoms with Crippen molar-refractivity contribution in [2.24, 2.45) is 0 Å². The second-order valence-electron chi connectivity index (χ2n) is 5.39. The van der Waals surface area contributed by atoms with Gasteiger partial charge in [-0.25, -0.2) is 9.97 Å². The average Bonchev–Trinajstić information content (AvgIpc) is 3.36. The zero-order valence-electron chi connectivity index (χ0n) is 13.2. The van der Waals surface area contributed by atoms with Crippen LogP contribution < -0.4 is 5.32 Å². The SMILES string of the molecule is O=C(Nc1ccc(-c2nccs2)cc1)c1ccc(-n2ccnc2)cc1. The Morgan fingerprint density at radius 3 is 2.44 bits per heavy atom. The van der Waals surface area contributed by atoms with Crippen LogP contribution in [0.2, 0.25) is 0 Å². The molecule has 25 heavy (non-hydrogen) atoms. The number of hydrogen-bond acceptors (Lipinski definition) is 4. The van der Waals surface area contributed by atoms with Crippen molar-refractivity contribution in [3.8, 4) is 16.3 Å². The highest BCUT2D eigenvalue weighted by molar-refractivity contribution is 7.13. The number of anilines is 1. The van der Waals surface area contributed by atoms with E-state index in [1.54, 1.807) is 42.2 Å². The van der Waals surface area contributed by atoms with Gasteiger partial charge in [0, 0.05) is 46.5 Å². The van der Waals surface area contributed by atoms with Crippen LogP contribution in [0.25, 0.3) is 16.3 Å². The molecule has 122 valence electrons. The number of hydrogen-bond donors (Lipinski definition) is 1. The summed E-state index contributed by atoms with van der Waals surface area (Å²) in [6.07, 6.45) is 7.08. The molecule has 1 amide bonds. The van der Waals surface area contributed by atoms with Crippen molar-refractivity contribution in [2.75, 3.05) is 5.32 Å². The van der Waals surface area contributed by atoms with E-state index in [-0.39, 0.29) is 5.91 Å². The normalized spacial score (nSPS) is 10.6. The number of nitrogens with zero attached hydrogens (tertiary/aromatic N) is 3. The fourth-order valence-corrected chi connectivity index (χ4v) is 3.11. The molecule has 5 nitrogen and oxygen atoms in total. The zero-order valence-corrected chi connectivity index (χ0v) is 14.0. The molecule has 0 saturated heterocycles. The Hall–Kier alpha value is -3.25. The lowest BCUT2D eigenvalue weighted by atomic mass is 10.1. The van der Waals surface area contributed by atoms with Gasteiger partial charge in [0.05, 0.1) is 6.33 Å². The highest BCUT2D eigenvalue weighted by Gasteiger charge is 2.07. The monoisotopic (exact) mass is 346 g/mol. The van der Waals surface area contributed by atoms with Gasteiger partial charge < -0.3 is 9.88 Å². The van der Waals surface area contributed by atoms with Crippen LogP contribution in [0.1, 0.15) is 10.4 Å². The van der Waals surface area contributed by atoms with Crippen LogP contribution in [0.15, 0.2) is 78.8 Å². The van der Waals surface area contributed by atoms with E-state index in [4.69, 9.17) is 0 Å². The van der Waals surface area contributed by atoms with Gasteiger partial charge in [0.1, 0.15) is 5.01 Å². The summed E-state index contributed by atoms with van der Waals surface area (Å²) in [7, 11) is 0. The van der Waals surface area contributed by atoms with Gasteiger partial charge in [0.25, 0.3) is 5.91 Å². The fourth-order valence-electron chi connectivity index (χ4n) is 2.46. The molecule has 0 spiro atoms. The number of carbonyl (C=O) groups excluding carboxylic acids is 1. The van der Waals surface area contributed by atoms with E-state index in [0.29, 0.717) is 5.56 Å². The van der Waals surface area contributed by atoms with Crippen LogP contribution >= 0.6 is 11.3 Å². The summed E-state index contributed by atoms with van der Waals surface area (Å²) in [5.41, 5.74) is 3.36. The van der Waals surface area contributed by atoms with Gasteiger partial charge in [-0.3, -0.25) is 4.79 Å². The predicted octanol–water partition coefficient (Wildman–Crippen LogP) is 4.25. The lowest BCUT2D eigenvalue weighted by Crippen LogP contribution is -2.11.